The van der Waals surface area contributed by atoms with Gasteiger partial charge in [0.15, 0.2) is 11.6 Å². The van der Waals surface area contributed by atoms with Crippen LogP contribution in [0.4, 0.5) is 11.4 Å². The Balaban J connectivity index is 0.000000211. The van der Waals surface area contributed by atoms with Crippen molar-refractivity contribution in [3.63, 3.8) is 0 Å². The van der Waals surface area contributed by atoms with E-state index in [9.17, 15) is 24.0 Å². The summed E-state index contributed by atoms with van der Waals surface area (Å²) in [4.78, 5) is 71.0. The number of primary amides is 1. The van der Waals surface area contributed by atoms with Crippen LogP contribution in [0.1, 0.15) is 124 Å². The van der Waals surface area contributed by atoms with Crippen molar-refractivity contribution in [3.8, 4) is 6.07 Å². The van der Waals surface area contributed by atoms with Crippen LogP contribution in [0.25, 0.3) is 11.1 Å². The van der Waals surface area contributed by atoms with Gasteiger partial charge < -0.3 is 36.5 Å². The van der Waals surface area contributed by atoms with Crippen molar-refractivity contribution in [3.05, 3.63) is 106 Å². The fraction of sp³-hybridized carbons (Fsp3) is 0.300. The maximum absolute atomic E-state index is 12.5. The van der Waals surface area contributed by atoms with E-state index in [1.165, 1.54) is 12.4 Å². The third-order valence-electron chi connectivity index (χ3n) is 9.16. The largest absolute Gasteiger partial charge is 0.481 e. The van der Waals surface area contributed by atoms with E-state index >= 15 is 0 Å². The summed E-state index contributed by atoms with van der Waals surface area (Å²) in [5.74, 6) is -3.22. The van der Waals surface area contributed by atoms with Gasteiger partial charge in [-0.05, 0) is 111 Å². The van der Waals surface area contributed by atoms with E-state index in [1.54, 1.807) is 12.1 Å². The molecule has 2 aromatic carbocycles. The molecule has 2 aromatic heterocycles. The molecule has 0 saturated carbocycles. The number of anilines is 2. The monoisotopic (exact) mass is 746 g/mol. The maximum atomic E-state index is 12.5. The zero-order chi connectivity index (χ0) is 39.3. The van der Waals surface area contributed by atoms with Gasteiger partial charge in [-0.25, -0.2) is 9.97 Å². The molecule has 15 nitrogen and oxygen atoms in total. The predicted octanol–water partition coefficient (Wildman–Crippen LogP) is 6.24. The second kappa shape index (κ2) is 18.8. The summed E-state index contributed by atoms with van der Waals surface area (Å²) in [5.41, 5.74) is 12.6. The highest BCUT2D eigenvalue weighted by molar-refractivity contribution is 6.05. The number of nitriles is 1. The molecule has 0 bridgehead atoms. The number of imidazole rings is 2. The van der Waals surface area contributed by atoms with E-state index in [-0.39, 0.29) is 35.9 Å². The number of H-pyrrole nitrogens is 2. The van der Waals surface area contributed by atoms with Crippen molar-refractivity contribution in [2.45, 2.75) is 77.0 Å². The van der Waals surface area contributed by atoms with Gasteiger partial charge in [-0.15, -0.1) is 0 Å². The van der Waals surface area contributed by atoms with Crippen LogP contribution < -0.4 is 16.4 Å². The highest BCUT2D eigenvalue weighted by atomic mass is 16.4. The van der Waals surface area contributed by atoms with Gasteiger partial charge in [-0.3, -0.25) is 24.0 Å². The number of carbonyl (C=O) groups excluding carboxylic acids is 3. The molecule has 0 saturated heterocycles. The maximum Gasteiger partial charge on any atom is 0.303 e. The molecule has 6 rings (SSSR count). The summed E-state index contributed by atoms with van der Waals surface area (Å²) in [6.45, 7) is 0. The molecular weight excluding hydrogens is 704 g/mol. The van der Waals surface area contributed by atoms with Crippen LogP contribution in [0.15, 0.2) is 60.9 Å². The molecule has 284 valence electrons. The molecule has 0 unspecified atom stereocenters. The standard InChI is InChI=1S/C20H22N4O4.C20H20N4O3/c21-18(27)16-11-22-19(23-16)20(28)24-15-8-6-12(7-9-17(25)26)10-14(15)13-4-2-1-3-5-13;21-11-15-12-22-19(23-15)20(27)24-17-8-6-13(7-9-18(25)26)10-16(17)14-4-2-1-3-5-14/h4,6,8,10-11H,1-3,5,7,9H2,(H2,21,27)(H,22,23)(H,24,28)(H,25,26);4,6,8,10,12H,1-3,5,7,9H2,(H,22,23)(H,24,27)(H,25,26). The number of rotatable bonds is 13. The molecule has 4 aromatic rings. The molecule has 0 radical (unpaired) electrons. The zero-order valence-corrected chi connectivity index (χ0v) is 30.1. The number of carboxylic acid groups (broad SMARTS) is 2. The number of amides is 3. The van der Waals surface area contributed by atoms with Crippen molar-refractivity contribution >= 4 is 52.2 Å². The number of nitrogens with two attached hydrogens (primary N) is 1. The first-order valence-corrected chi connectivity index (χ1v) is 18.0. The lowest BCUT2D eigenvalue weighted by atomic mass is 9.91. The van der Waals surface area contributed by atoms with Gasteiger partial charge in [0.25, 0.3) is 17.7 Å². The highest BCUT2D eigenvalue weighted by Crippen LogP contribution is 2.34. The first-order chi connectivity index (χ1) is 26.5. The van der Waals surface area contributed by atoms with E-state index in [2.05, 4.69) is 42.7 Å². The fourth-order valence-electron chi connectivity index (χ4n) is 6.33. The first-order valence-electron chi connectivity index (χ1n) is 18.0. The van der Waals surface area contributed by atoms with Gasteiger partial charge in [-0.1, -0.05) is 24.3 Å². The summed E-state index contributed by atoms with van der Waals surface area (Å²) >= 11 is 0. The summed E-state index contributed by atoms with van der Waals surface area (Å²) < 4.78 is 0. The van der Waals surface area contributed by atoms with Gasteiger partial charge in [-0.2, -0.15) is 5.26 Å². The Labute approximate surface area is 316 Å². The average Bonchev–Trinajstić information content (AvgIpc) is 3.90. The summed E-state index contributed by atoms with van der Waals surface area (Å²) in [6.07, 6.45) is 16.1. The van der Waals surface area contributed by atoms with E-state index in [0.29, 0.717) is 24.2 Å². The summed E-state index contributed by atoms with van der Waals surface area (Å²) in [7, 11) is 0. The van der Waals surface area contributed by atoms with Crippen LogP contribution in [0.5, 0.6) is 0 Å². The molecule has 2 aliphatic carbocycles. The average molecular weight is 747 g/mol. The second-order valence-corrected chi connectivity index (χ2v) is 13.2. The Kier molecular flexibility index (Phi) is 13.5. The number of allylic oxidation sites excluding steroid dienone is 4. The molecule has 8 N–H and O–H groups in total. The Hall–Kier alpha value is -6.82. The summed E-state index contributed by atoms with van der Waals surface area (Å²) in [5, 5.41) is 32.4. The molecular formula is C40H42N8O7. The van der Waals surface area contributed by atoms with E-state index in [1.807, 2.05) is 30.3 Å². The molecule has 0 atom stereocenters. The quantitative estimate of drug-likeness (QED) is 0.0810. The Bertz CT molecular complexity index is 2190. The van der Waals surface area contributed by atoms with Crippen molar-refractivity contribution in [2.75, 3.05) is 10.6 Å². The minimum Gasteiger partial charge on any atom is -0.481 e. The lowest BCUT2D eigenvalue weighted by molar-refractivity contribution is -0.138. The number of hydrogen-bond acceptors (Lipinski definition) is 8. The topological polar surface area (TPSA) is 257 Å². The lowest BCUT2D eigenvalue weighted by Gasteiger charge is -2.18. The van der Waals surface area contributed by atoms with E-state index in [0.717, 1.165) is 84.8 Å². The van der Waals surface area contributed by atoms with Crippen molar-refractivity contribution in [2.24, 2.45) is 5.73 Å². The normalized spacial score (nSPS) is 13.6. The van der Waals surface area contributed by atoms with E-state index in [4.69, 9.17) is 21.2 Å². The highest BCUT2D eigenvalue weighted by Gasteiger charge is 2.19. The molecule has 0 fully saturated rings. The van der Waals surface area contributed by atoms with Gasteiger partial charge in [0.1, 0.15) is 17.5 Å². The predicted molar refractivity (Wildman–Crippen MR) is 204 cm³/mol. The van der Waals surface area contributed by atoms with E-state index < -0.39 is 29.7 Å². The third kappa shape index (κ3) is 11.1. The van der Waals surface area contributed by atoms with Gasteiger partial charge >= 0.3 is 11.9 Å². The SMILES string of the molecule is N#Cc1cnc(C(=O)Nc2ccc(CCC(=O)O)cc2C2=CCCCC2)[nH]1.NC(=O)c1cnc(C(=O)Nc2ccc(CCC(=O)O)cc2C2=CCCCC2)[nH]1. The van der Waals surface area contributed by atoms with Crippen LogP contribution >= 0.6 is 0 Å². The number of aromatic nitrogens is 4. The number of aryl methyl sites for hydroxylation is 2. The molecule has 2 heterocycles. The third-order valence-corrected chi connectivity index (χ3v) is 9.16. The van der Waals surface area contributed by atoms with Gasteiger partial charge in [0, 0.05) is 35.3 Å². The minimum absolute atomic E-state index is 0.00710. The molecule has 55 heavy (non-hydrogen) atoms. The van der Waals surface area contributed by atoms with Crippen LogP contribution in [-0.2, 0) is 22.4 Å². The van der Waals surface area contributed by atoms with Gasteiger partial charge in [0.2, 0.25) is 0 Å². The Morgan fingerprint density at radius 1 is 0.727 bits per heavy atom. The minimum atomic E-state index is -0.848. The number of carboxylic acids is 2. The molecule has 0 aliphatic heterocycles. The zero-order valence-electron chi connectivity index (χ0n) is 30.1. The lowest BCUT2D eigenvalue weighted by Crippen LogP contribution is -2.16. The van der Waals surface area contributed by atoms with Crippen molar-refractivity contribution < 1.29 is 34.2 Å². The molecule has 3 amide bonds. The molecule has 0 spiro atoms. The number of carbonyl (C=O) groups is 5. The van der Waals surface area contributed by atoms with Crippen molar-refractivity contribution in [1.29, 1.82) is 5.26 Å². The van der Waals surface area contributed by atoms with Gasteiger partial charge in [0.05, 0.1) is 12.4 Å². The number of hydrogen-bond donors (Lipinski definition) is 7. The fourth-order valence-corrected chi connectivity index (χ4v) is 6.33. The second-order valence-electron chi connectivity index (χ2n) is 13.2. The number of aliphatic carboxylic acids is 2. The van der Waals surface area contributed by atoms with Crippen LogP contribution in [0.2, 0.25) is 0 Å². The number of nitrogens with zero attached hydrogens (tertiary/aromatic N) is 3. The smallest absolute Gasteiger partial charge is 0.303 e. The Morgan fingerprint density at radius 3 is 1.62 bits per heavy atom. The first kappa shape index (κ1) is 39.4. The van der Waals surface area contributed by atoms with Crippen LogP contribution in [0.3, 0.4) is 0 Å². The number of nitrogens with one attached hydrogen (secondary N) is 4. The number of aromatic amines is 2. The summed E-state index contributed by atoms with van der Waals surface area (Å²) in [6, 6.07) is 13.0. The van der Waals surface area contributed by atoms with Crippen molar-refractivity contribution in [1.82, 2.24) is 19.9 Å². The van der Waals surface area contributed by atoms with Crippen LogP contribution in [0, 0.1) is 11.3 Å². The number of benzene rings is 2. The molecule has 15 heteroatoms. The molecule has 2 aliphatic rings. The van der Waals surface area contributed by atoms with Crippen LogP contribution in [-0.4, -0.2) is 59.8 Å². The Morgan fingerprint density at radius 2 is 1.22 bits per heavy atom.